The molecule has 0 unspecified atom stereocenters. The molecular formula is C18H15ClN2O3. The molecule has 0 radical (unpaired) electrons. The van der Waals surface area contributed by atoms with E-state index in [0.717, 1.165) is 34.2 Å². The van der Waals surface area contributed by atoms with E-state index in [1.54, 1.807) is 0 Å². The van der Waals surface area contributed by atoms with Crippen molar-refractivity contribution >= 4 is 17.3 Å². The molecule has 3 aromatic rings. The van der Waals surface area contributed by atoms with Gasteiger partial charge in [0.1, 0.15) is 18.9 Å². The van der Waals surface area contributed by atoms with E-state index < -0.39 is 0 Å². The molecule has 1 N–H and O–H groups in total. The van der Waals surface area contributed by atoms with Crippen molar-refractivity contribution in [3.63, 3.8) is 0 Å². The number of fused-ring (bicyclic) bond motifs is 1. The van der Waals surface area contributed by atoms with Crippen LogP contribution in [-0.4, -0.2) is 18.4 Å². The lowest BCUT2D eigenvalue weighted by molar-refractivity contribution is 0.172. The first-order valence-electron chi connectivity index (χ1n) is 7.63. The Morgan fingerprint density at radius 1 is 1.04 bits per heavy atom. The minimum absolute atomic E-state index is 0.500. The molecule has 1 aromatic heterocycles. The summed E-state index contributed by atoms with van der Waals surface area (Å²) in [6.07, 6.45) is 0. The lowest BCUT2D eigenvalue weighted by atomic mass is 10.1. The van der Waals surface area contributed by atoms with Gasteiger partial charge in [-0.2, -0.15) is 0 Å². The van der Waals surface area contributed by atoms with Gasteiger partial charge in [-0.25, -0.2) is 0 Å². The van der Waals surface area contributed by atoms with E-state index in [4.69, 9.17) is 25.6 Å². The first-order valence-corrected chi connectivity index (χ1v) is 8.01. The Hall–Kier alpha value is -2.66. The summed E-state index contributed by atoms with van der Waals surface area (Å²) in [7, 11) is 0. The van der Waals surface area contributed by atoms with Gasteiger partial charge in [-0.15, -0.1) is 0 Å². The zero-order chi connectivity index (χ0) is 16.4. The van der Waals surface area contributed by atoms with Gasteiger partial charge in [-0.1, -0.05) is 35.0 Å². The molecule has 1 aliphatic heterocycles. The van der Waals surface area contributed by atoms with Gasteiger partial charge in [0.25, 0.3) is 0 Å². The van der Waals surface area contributed by atoms with Crippen LogP contribution in [-0.2, 0) is 6.54 Å². The van der Waals surface area contributed by atoms with E-state index >= 15 is 0 Å². The number of halogens is 1. The second-order valence-electron chi connectivity index (χ2n) is 5.37. The lowest BCUT2D eigenvalue weighted by Gasteiger charge is -2.21. The smallest absolute Gasteiger partial charge is 0.184 e. The van der Waals surface area contributed by atoms with Crippen LogP contribution in [0.5, 0.6) is 11.5 Å². The number of para-hydroxylation sites is 1. The fourth-order valence-corrected chi connectivity index (χ4v) is 2.67. The predicted molar refractivity (Wildman–Crippen MR) is 91.7 cm³/mol. The van der Waals surface area contributed by atoms with Crippen molar-refractivity contribution in [2.24, 2.45) is 0 Å². The average molecular weight is 343 g/mol. The second-order valence-corrected chi connectivity index (χ2v) is 5.81. The normalized spacial score (nSPS) is 12.9. The van der Waals surface area contributed by atoms with Gasteiger partial charge < -0.3 is 19.3 Å². The quantitative estimate of drug-likeness (QED) is 0.762. The minimum Gasteiger partial charge on any atom is -0.486 e. The van der Waals surface area contributed by atoms with Crippen molar-refractivity contribution in [3.05, 3.63) is 59.3 Å². The van der Waals surface area contributed by atoms with Crippen molar-refractivity contribution in [1.82, 2.24) is 5.16 Å². The monoisotopic (exact) mass is 342 g/mol. The Morgan fingerprint density at radius 3 is 2.75 bits per heavy atom. The molecule has 1 aliphatic rings. The van der Waals surface area contributed by atoms with Crippen LogP contribution in [0.3, 0.4) is 0 Å². The fraction of sp³-hybridized carbons (Fsp3) is 0.167. The molecule has 0 amide bonds. The van der Waals surface area contributed by atoms with Gasteiger partial charge in [-0.05, 0) is 24.3 Å². The molecule has 0 atom stereocenters. The van der Waals surface area contributed by atoms with Crippen LogP contribution in [0.2, 0.25) is 5.02 Å². The highest BCUT2D eigenvalue weighted by atomic mass is 35.5. The molecule has 4 rings (SSSR count). The van der Waals surface area contributed by atoms with Crippen LogP contribution < -0.4 is 14.8 Å². The molecule has 0 saturated heterocycles. The summed E-state index contributed by atoms with van der Waals surface area (Å²) in [6, 6.07) is 15.2. The third-order valence-corrected chi connectivity index (χ3v) is 3.97. The summed E-state index contributed by atoms with van der Waals surface area (Å²) in [5, 5.41) is 8.10. The SMILES string of the molecule is Clc1ccc(-c2cc(CNc3cccc4c3OCCO4)on2)cc1. The summed E-state index contributed by atoms with van der Waals surface area (Å²) in [5.41, 5.74) is 2.61. The standard InChI is InChI=1S/C18H15ClN2O3/c19-13-6-4-12(5-7-13)16-10-14(24-21-16)11-20-15-2-1-3-17-18(15)23-9-8-22-17/h1-7,10,20H,8-9,11H2. The van der Waals surface area contributed by atoms with E-state index in [0.29, 0.717) is 24.8 Å². The van der Waals surface area contributed by atoms with Gasteiger partial charge in [0.2, 0.25) is 0 Å². The van der Waals surface area contributed by atoms with Crippen LogP contribution >= 0.6 is 11.6 Å². The van der Waals surface area contributed by atoms with Gasteiger partial charge in [-0.3, -0.25) is 0 Å². The molecule has 122 valence electrons. The first-order chi connectivity index (χ1) is 11.8. The molecule has 0 fully saturated rings. The van der Waals surface area contributed by atoms with Crippen LogP contribution in [0.25, 0.3) is 11.3 Å². The average Bonchev–Trinajstić information content (AvgIpc) is 3.09. The number of nitrogens with one attached hydrogen (secondary N) is 1. The number of aromatic nitrogens is 1. The Balaban J connectivity index is 1.48. The maximum Gasteiger partial charge on any atom is 0.184 e. The summed E-state index contributed by atoms with van der Waals surface area (Å²) in [5.74, 6) is 2.22. The summed E-state index contributed by atoms with van der Waals surface area (Å²) < 4.78 is 16.7. The third kappa shape index (κ3) is 3.03. The molecular weight excluding hydrogens is 328 g/mol. The number of hydrogen-bond donors (Lipinski definition) is 1. The van der Waals surface area contributed by atoms with Gasteiger partial charge in [0, 0.05) is 16.7 Å². The number of anilines is 1. The van der Waals surface area contributed by atoms with E-state index in [9.17, 15) is 0 Å². The lowest BCUT2D eigenvalue weighted by Crippen LogP contribution is -2.16. The van der Waals surface area contributed by atoms with Crippen LogP contribution in [0.1, 0.15) is 5.76 Å². The molecule has 2 heterocycles. The Morgan fingerprint density at radius 2 is 1.88 bits per heavy atom. The highest BCUT2D eigenvalue weighted by molar-refractivity contribution is 6.30. The largest absolute Gasteiger partial charge is 0.486 e. The molecule has 0 bridgehead atoms. The maximum absolute atomic E-state index is 5.90. The van der Waals surface area contributed by atoms with E-state index in [2.05, 4.69) is 10.5 Å². The van der Waals surface area contributed by atoms with Crippen LogP contribution in [0.4, 0.5) is 5.69 Å². The van der Waals surface area contributed by atoms with Gasteiger partial charge in [0.05, 0.1) is 12.2 Å². The topological polar surface area (TPSA) is 56.5 Å². The Kier molecular flexibility index (Phi) is 4.01. The van der Waals surface area contributed by atoms with Crippen LogP contribution in [0.15, 0.2) is 53.1 Å². The Bertz CT molecular complexity index is 846. The van der Waals surface area contributed by atoms with E-state index in [-0.39, 0.29) is 0 Å². The van der Waals surface area contributed by atoms with Crippen molar-refractivity contribution < 1.29 is 14.0 Å². The van der Waals surface area contributed by atoms with Crippen LogP contribution in [0, 0.1) is 0 Å². The number of ether oxygens (including phenoxy) is 2. The number of nitrogens with zero attached hydrogens (tertiary/aromatic N) is 1. The molecule has 0 spiro atoms. The van der Waals surface area contributed by atoms with E-state index in [1.807, 2.05) is 48.5 Å². The second kappa shape index (κ2) is 6.45. The molecule has 5 nitrogen and oxygen atoms in total. The first kappa shape index (κ1) is 14.9. The Labute approximate surface area is 144 Å². The maximum atomic E-state index is 5.90. The van der Waals surface area contributed by atoms with Crippen molar-refractivity contribution in [3.8, 4) is 22.8 Å². The molecule has 6 heteroatoms. The number of rotatable bonds is 4. The summed E-state index contributed by atoms with van der Waals surface area (Å²) in [4.78, 5) is 0. The van der Waals surface area contributed by atoms with Crippen molar-refractivity contribution in [1.29, 1.82) is 0 Å². The third-order valence-electron chi connectivity index (χ3n) is 3.72. The van der Waals surface area contributed by atoms with Gasteiger partial charge in [0.15, 0.2) is 17.3 Å². The highest BCUT2D eigenvalue weighted by Crippen LogP contribution is 2.37. The molecule has 2 aromatic carbocycles. The zero-order valence-electron chi connectivity index (χ0n) is 12.8. The summed E-state index contributed by atoms with van der Waals surface area (Å²) >= 11 is 5.90. The molecule has 24 heavy (non-hydrogen) atoms. The number of hydrogen-bond acceptors (Lipinski definition) is 5. The highest BCUT2D eigenvalue weighted by Gasteiger charge is 2.16. The molecule has 0 aliphatic carbocycles. The van der Waals surface area contributed by atoms with Gasteiger partial charge >= 0.3 is 0 Å². The minimum atomic E-state index is 0.500. The zero-order valence-corrected chi connectivity index (χ0v) is 13.5. The fourth-order valence-electron chi connectivity index (χ4n) is 2.55. The van der Waals surface area contributed by atoms with Crippen molar-refractivity contribution in [2.75, 3.05) is 18.5 Å². The van der Waals surface area contributed by atoms with Crippen molar-refractivity contribution in [2.45, 2.75) is 6.54 Å². The summed E-state index contributed by atoms with van der Waals surface area (Å²) in [6.45, 7) is 1.62. The van der Waals surface area contributed by atoms with E-state index in [1.165, 1.54) is 0 Å². The molecule has 0 saturated carbocycles. The number of benzene rings is 2. The predicted octanol–water partition coefficient (Wildman–Crippen LogP) is 4.38.